The number of nitrogens with one attached hydrogen (secondary N) is 2. The zero-order chi connectivity index (χ0) is 28.4. The minimum absolute atomic E-state index is 0.00433. The van der Waals surface area contributed by atoms with E-state index in [1.54, 1.807) is 6.07 Å². The fraction of sp³-hybridized carbons (Fsp3) is 0.323. The average Bonchev–Trinajstić information content (AvgIpc) is 3.31. The fourth-order valence-electron chi connectivity index (χ4n) is 5.36. The van der Waals surface area contributed by atoms with Crippen molar-refractivity contribution in [3.8, 4) is 5.69 Å². The van der Waals surface area contributed by atoms with Gasteiger partial charge in [-0.1, -0.05) is 53.7 Å². The lowest BCUT2D eigenvalue weighted by Crippen LogP contribution is -2.45. The molecule has 3 aromatic carbocycles. The van der Waals surface area contributed by atoms with E-state index in [0.717, 1.165) is 53.0 Å². The quantitative estimate of drug-likeness (QED) is 0.116. The molecule has 208 valence electrons. The Morgan fingerprint density at radius 3 is 2.30 bits per heavy atom. The van der Waals surface area contributed by atoms with Crippen LogP contribution in [0.4, 0.5) is 4.79 Å². The first kappa shape index (κ1) is 27.1. The Labute approximate surface area is 233 Å². The molecular weight excluding hydrogens is 506 g/mol. The first-order valence-electron chi connectivity index (χ1n) is 13.5. The number of nitrogens with zero attached hydrogens (tertiary/aromatic N) is 2. The van der Waals surface area contributed by atoms with E-state index in [2.05, 4.69) is 15.8 Å². The van der Waals surface area contributed by atoms with Crippen LogP contribution in [0, 0.1) is 0 Å². The van der Waals surface area contributed by atoms with Crippen molar-refractivity contribution >= 4 is 39.5 Å². The van der Waals surface area contributed by atoms with Crippen LogP contribution in [0.15, 0.2) is 71.9 Å². The highest BCUT2D eigenvalue weighted by atomic mass is 16.6. The van der Waals surface area contributed by atoms with Gasteiger partial charge in [0.15, 0.2) is 5.84 Å². The summed E-state index contributed by atoms with van der Waals surface area (Å²) in [5, 5.41) is 21.5. The molecule has 1 aliphatic carbocycles. The van der Waals surface area contributed by atoms with E-state index < -0.39 is 11.7 Å². The van der Waals surface area contributed by atoms with Gasteiger partial charge in [0, 0.05) is 28.4 Å². The molecule has 0 unspecified atom stereocenters. The van der Waals surface area contributed by atoms with Crippen LogP contribution >= 0.6 is 0 Å². The summed E-state index contributed by atoms with van der Waals surface area (Å²) < 4.78 is 7.32. The van der Waals surface area contributed by atoms with E-state index in [0.29, 0.717) is 11.3 Å². The van der Waals surface area contributed by atoms with Crippen LogP contribution in [0.2, 0.25) is 0 Å². The highest BCUT2D eigenvalue weighted by Crippen LogP contribution is 2.31. The maximum atomic E-state index is 13.8. The monoisotopic (exact) mass is 541 g/mol. The van der Waals surface area contributed by atoms with Gasteiger partial charge in [-0.05, 0) is 70.0 Å². The van der Waals surface area contributed by atoms with Crippen LogP contribution in [-0.4, -0.2) is 45.3 Å². The van der Waals surface area contributed by atoms with Crippen molar-refractivity contribution in [1.82, 2.24) is 15.2 Å². The molecule has 0 aliphatic heterocycles. The van der Waals surface area contributed by atoms with E-state index in [-0.39, 0.29) is 23.8 Å². The van der Waals surface area contributed by atoms with Gasteiger partial charge in [-0.2, -0.15) is 0 Å². The topological polar surface area (TPSA) is 131 Å². The summed E-state index contributed by atoms with van der Waals surface area (Å²) in [4.78, 5) is 26.0. The zero-order valence-electron chi connectivity index (χ0n) is 23.0. The molecule has 1 saturated carbocycles. The number of alkyl carbamates (subject to hydrolysis) is 1. The third-order valence-corrected chi connectivity index (χ3v) is 7.23. The summed E-state index contributed by atoms with van der Waals surface area (Å²) in [7, 11) is 0. The van der Waals surface area contributed by atoms with Gasteiger partial charge in [-0.25, -0.2) is 4.79 Å². The number of rotatable bonds is 5. The second-order valence-electron chi connectivity index (χ2n) is 11.3. The molecule has 1 aliphatic rings. The van der Waals surface area contributed by atoms with Crippen molar-refractivity contribution < 1.29 is 19.5 Å². The number of aromatic nitrogens is 1. The SMILES string of the molecule is CC(C)(C)OC(=O)N[C@H]1CC[C@H](NC(=O)c2cc3ccc(C(N)=NO)cc3n2-c2cccc3ccccc23)CC1. The summed E-state index contributed by atoms with van der Waals surface area (Å²) in [6, 6.07) is 21.4. The predicted octanol–water partition coefficient (Wildman–Crippen LogP) is 5.44. The summed E-state index contributed by atoms with van der Waals surface area (Å²) in [6.07, 6.45) is 2.58. The van der Waals surface area contributed by atoms with Crippen LogP contribution in [0.3, 0.4) is 0 Å². The number of amidine groups is 1. The van der Waals surface area contributed by atoms with E-state index in [4.69, 9.17) is 10.5 Å². The fourth-order valence-corrected chi connectivity index (χ4v) is 5.36. The van der Waals surface area contributed by atoms with Gasteiger partial charge >= 0.3 is 6.09 Å². The van der Waals surface area contributed by atoms with Crippen molar-refractivity contribution in [2.75, 3.05) is 0 Å². The molecule has 4 aromatic rings. The van der Waals surface area contributed by atoms with Gasteiger partial charge in [0.1, 0.15) is 11.3 Å². The molecule has 9 heteroatoms. The molecule has 2 amide bonds. The van der Waals surface area contributed by atoms with Gasteiger partial charge in [0.05, 0.1) is 11.2 Å². The van der Waals surface area contributed by atoms with E-state index >= 15 is 0 Å². The third-order valence-electron chi connectivity index (χ3n) is 7.23. The Kier molecular flexibility index (Phi) is 7.38. The largest absolute Gasteiger partial charge is 0.444 e. The molecule has 0 bridgehead atoms. The summed E-state index contributed by atoms with van der Waals surface area (Å²) >= 11 is 0. The van der Waals surface area contributed by atoms with Crippen LogP contribution in [0.5, 0.6) is 0 Å². The highest BCUT2D eigenvalue weighted by Gasteiger charge is 2.27. The second kappa shape index (κ2) is 10.9. The predicted molar refractivity (Wildman–Crippen MR) is 156 cm³/mol. The number of nitrogens with two attached hydrogens (primary N) is 1. The Morgan fingerprint density at radius 2 is 1.60 bits per heavy atom. The number of hydrogen-bond acceptors (Lipinski definition) is 5. The molecule has 0 saturated heterocycles. The standard InChI is InChI=1S/C31H35N5O4/c1-31(2,3)40-30(38)34-23-15-13-22(14-16-23)33-29(37)27-17-20-11-12-21(28(32)35-39)18-26(20)36(27)25-10-6-8-19-7-4-5-9-24(19)25/h4-12,17-18,22-23,39H,13-16H2,1-3H3,(H2,32,35)(H,33,37)(H,34,38)/t22-,23-. The number of hydrogen-bond donors (Lipinski definition) is 4. The van der Waals surface area contributed by atoms with Crippen LogP contribution in [0.25, 0.3) is 27.4 Å². The maximum absolute atomic E-state index is 13.8. The second-order valence-corrected chi connectivity index (χ2v) is 11.3. The Balaban J connectivity index is 1.43. The minimum Gasteiger partial charge on any atom is -0.444 e. The van der Waals surface area contributed by atoms with Crippen LogP contribution in [0.1, 0.15) is 62.5 Å². The number of amides is 2. The molecule has 5 N–H and O–H groups in total. The Hall–Kier alpha value is -4.53. The van der Waals surface area contributed by atoms with Gasteiger partial charge in [-0.3, -0.25) is 4.79 Å². The molecule has 1 fully saturated rings. The molecule has 9 nitrogen and oxygen atoms in total. The summed E-state index contributed by atoms with van der Waals surface area (Å²) in [6.45, 7) is 5.52. The van der Waals surface area contributed by atoms with Crippen molar-refractivity contribution in [1.29, 1.82) is 0 Å². The van der Waals surface area contributed by atoms with E-state index in [1.165, 1.54) is 0 Å². The summed E-state index contributed by atoms with van der Waals surface area (Å²) in [5.41, 5.74) is 8.04. The first-order valence-corrected chi connectivity index (χ1v) is 13.5. The van der Waals surface area contributed by atoms with E-state index in [9.17, 15) is 14.8 Å². The Bertz CT molecular complexity index is 1590. The molecular formula is C31H35N5O4. The number of fused-ring (bicyclic) bond motifs is 2. The van der Waals surface area contributed by atoms with Gasteiger partial charge in [0.2, 0.25) is 0 Å². The molecule has 1 aromatic heterocycles. The molecule has 40 heavy (non-hydrogen) atoms. The molecule has 5 rings (SSSR count). The normalized spacial score (nSPS) is 18.0. The highest BCUT2D eigenvalue weighted by molar-refractivity contribution is 6.05. The van der Waals surface area contributed by atoms with Crippen LogP contribution < -0.4 is 16.4 Å². The molecule has 1 heterocycles. The maximum Gasteiger partial charge on any atom is 0.407 e. The zero-order valence-corrected chi connectivity index (χ0v) is 23.0. The number of ether oxygens (including phenoxy) is 1. The van der Waals surface area contributed by atoms with Crippen molar-refractivity contribution in [2.24, 2.45) is 10.9 Å². The number of carbonyl (C=O) groups excluding carboxylic acids is 2. The smallest absolute Gasteiger partial charge is 0.407 e. The number of oxime groups is 1. The van der Waals surface area contributed by atoms with Gasteiger partial charge in [0.25, 0.3) is 5.91 Å². The van der Waals surface area contributed by atoms with Crippen molar-refractivity contribution in [3.63, 3.8) is 0 Å². The van der Waals surface area contributed by atoms with Gasteiger partial charge < -0.3 is 30.9 Å². The third kappa shape index (κ3) is 5.73. The number of benzene rings is 3. The van der Waals surface area contributed by atoms with Crippen molar-refractivity contribution in [2.45, 2.75) is 64.1 Å². The first-order chi connectivity index (χ1) is 19.1. The van der Waals surface area contributed by atoms with Gasteiger partial charge in [-0.15, -0.1) is 0 Å². The van der Waals surface area contributed by atoms with Crippen molar-refractivity contribution in [3.05, 3.63) is 78.0 Å². The summed E-state index contributed by atoms with van der Waals surface area (Å²) in [5.74, 6) is -0.187. The molecule has 0 atom stereocenters. The lowest BCUT2D eigenvalue weighted by molar-refractivity contribution is 0.0488. The number of carbonyl (C=O) groups is 2. The Morgan fingerprint density at radius 1 is 0.925 bits per heavy atom. The van der Waals surface area contributed by atoms with E-state index in [1.807, 2.05) is 86.0 Å². The molecule has 0 spiro atoms. The van der Waals surface area contributed by atoms with Crippen LogP contribution in [-0.2, 0) is 4.74 Å². The molecule has 0 radical (unpaired) electrons. The minimum atomic E-state index is -0.546. The lowest BCUT2D eigenvalue weighted by atomic mass is 9.91. The lowest BCUT2D eigenvalue weighted by Gasteiger charge is -2.30. The average molecular weight is 542 g/mol.